The number of ether oxygens (including phenoxy) is 1. The molecule has 7 heteroatoms. The zero-order valence-corrected chi connectivity index (χ0v) is 16.3. The van der Waals surface area contributed by atoms with Crippen molar-refractivity contribution in [3.63, 3.8) is 0 Å². The first-order chi connectivity index (χ1) is 11.9. The molecule has 0 saturated heterocycles. The van der Waals surface area contributed by atoms with Crippen molar-refractivity contribution in [1.29, 1.82) is 0 Å². The topological polar surface area (TPSA) is 74.2 Å². The molecule has 0 aliphatic rings. The van der Waals surface area contributed by atoms with Gasteiger partial charge in [-0.05, 0) is 61.3 Å². The second-order valence-electron chi connectivity index (χ2n) is 6.19. The van der Waals surface area contributed by atoms with Crippen LogP contribution in [0.3, 0.4) is 0 Å². The highest BCUT2D eigenvalue weighted by Gasteiger charge is 2.15. The van der Waals surface area contributed by atoms with E-state index in [2.05, 4.69) is 31.2 Å². The maximum Gasteiger partial charge on any atom is 0.231 e. The molecule has 0 saturated carbocycles. The Kier molecular flexibility index (Phi) is 5.22. The van der Waals surface area contributed by atoms with Crippen LogP contribution in [0, 0.1) is 13.8 Å². The van der Waals surface area contributed by atoms with Crippen molar-refractivity contribution in [2.75, 3.05) is 0 Å². The number of benzene rings is 1. The van der Waals surface area contributed by atoms with E-state index >= 15 is 0 Å². The third-order valence-electron chi connectivity index (χ3n) is 3.74. The molecule has 2 aromatic heterocycles. The molecule has 132 valence electrons. The van der Waals surface area contributed by atoms with Crippen molar-refractivity contribution < 1.29 is 13.8 Å². The Bertz CT molecular complexity index is 851. The number of halogens is 1. The van der Waals surface area contributed by atoms with E-state index in [-0.39, 0.29) is 6.10 Å². The van der Waals surface area contributed by atoms with Gasteiger partial charge in [0, 0.05) is 12.0 Å². The fraction of sp³-hybridized carbons (Fsp3) is 0.389. The minimum atomic E-state index is 0.131. The number of aryl methyl sites for hydroxylation is 2. The quantitative estimate of drug-likeness (QED) is 0.604. The van der Waals surface area contributed by atoms with Crippen LogP contribution in [0.2, 0.25) is 0 Å². The Labute approximate surface area is 154 Å². The highest BCUT2D eigenvalue weighted by atomic mass is 79.9. The van der Waals surface area contributed by atoms with Crippen LogP contribution >= 0.6 is 15.9 Å². The van der Waals surface area contributed by atoms with Crippen LogP contribution in [-0.4, -0.2) is 21.4 Å². The van der Waals surface area contributed by atoms with Gasteiger partial charge in [0.25, 0.3) is 0 Å². The van der Waals surface area contributed by atoms with Crippen LogP contribution in [0.1, 0.15) is 48.1 Å². The number of rotatable bonds is 6. The van der Waals surface area contributed by atoms with Crippen molar-refractivity contribution in [1.82, 2.24) is 15.3 Å². The van der Waals surface area contributed by atoms with Gasteiger partial charge in [0.15, 0.2) is 5.82 Å². The summed E-state index contributed by atoms with van der Waals surface area (Å²) in [6.07, 6.45) is 1.25. The molecule has 0 aliphatic heterocycles. The monoisotopic (exact) mass is 405 g/mol. The highest BCUT2D eigenvalue weighted by molar-refractivity contribution is 9.10. The van der Waals surface area contributed by atoms with E-state index in [0.717, 1.165) is 32.8 Å². The molecule has 0 unspecified atom stereocenters. The van der Waals surface area contributed by atoms with E-state index in [1.807, 2.05) is 45.9 Å². The number of nitrogens with zero attached hydrogens (tertiary/aromatic N) is 3. The van der Waals surface area contributed by atoms with Crippen LogP contribution in [-0.2, 0) is 12.8 Å². The third-order valence-corrected chi connectivity index (χ3v) is 4.36. The summed E-state index contributed by atoms with van der Waals surface area (Å²) in [7, 11) is 0. The van der Waals surface area contributed by atoms with Gasteiger partial charge in [-0.15, -0.1) is 0 Å². The summed E-state index contributed by atoms with van der Waals surface area (Å²) in [5.74, 6) is 2.81. The van der Waals surface area contributed by atoms with Gasteiger partial charge >= 0.3 is 0 Å². The molecule has 2 heterocycles. The summed E-state index contributed by atoms with van der Waals surface area (Å²) in [4.78, 5) is 4.47. The fourth-order valence-corrected chi connectivity index (χ4v) is 3.05. The van der Waals surface area contributed by atoms with Gasteiger partial charge in [-0.25, -0.2) is 0 Å². The summed E-state index contributed by atoms with van der Waals surface area (Å²) < 4.78 is 17.2. The van der Waals surface area contributed by atoms with E-state index < -0.39 is 0 Å². The van der Waals surface area contributed by atoms with Crippen molar-refractivity contribution in [3.05, 3.63) is 57.0 Å². The van der Waals surface area contributed by atoms with Crippen LogP contribution < -0.4 is 4.74 Å². The first-order valence-electron chi connectivity index (χ1n) is 8.10. The largest absolute Gasteiger partial charge is 0.490 e. The van der Waals surface area contributed by atoms with Crippen molar-refractivity contribution in [2.24, 2.45) is 0 Å². The lowest BCUT2D eigenvalue weighted by Crippen LogP contribution is -2.06. The minimum absolute atomic E-state index is 0.131. The lowest BCUT2D eigenvalue weighted by molar-refractivity contribution is 0.241. The van der Waals surface area contributed by atoms with E-state index in [9.17, 15) is 0 Å². The normalized spacial score (nSPS) is 11.3. The van der Waals surface area contributed by atoms with E-state index in [4.69, 9.17) is 13.8 Å². The number of aromatic nitrogens is 3. The van der Waals surface area contributed by atoms with E-state index in [0.29, 0.717) is 24.6 Å². The maximum absolute atomic E-state index is 5.72. The zero-order chi connectivity index (χ0) is 18.0. The Balaban J connectivity index is 1.70. The Morgan fingerprint density at radius 3 is 2.56 bits per heavy atom. The van der Waals surface area contributed by atoms with Gasteiger partial charge in [-0.3, -0.25) is 0 Å². The molecule has 0 atom stereocenters. The standard InChI is InChI=1S/C18H20BrN3O3/c1-10(2)23-16-6-5-13(7-15(16)19)8-17-20-18(25-22-17)9-14-11(3)21-24-12(14)4/h5-7,10H,8-9H2,1-4H3. The van der Waals surface area contributed by atoms with E-state index in [1.54, 1.807) is 0 Å². The van der Waals surface area contributed by atoms with Gasteiger partial charge in [0.2, 0.25) is 5.89 Å². The van der Waals surface area contributed by atoms with E-state index in [1.165, 1.54) is 0 Å². The lowest BCUT2D eigenvalue weighted by Gasteiger charge is -2.12. The van der Waals surface area contributed by atoms with Crippen molar-refractivity contribution in [2.45, 2.75) is 46.6 Å². The van der Waals surface area contributed by atoms with Crippen molar-refractivity contribution >= 4 is 15.9 Å². The second kappa shape index (κ2) is 7.39. The first-order valence-corrected chi connectivity index (χ1v) is 8.90. The molecule has 6 nitrogen and oxygen atoms in total. The molecule has 0 amide bonds. The minimum Gasteiger partial charge on any atom is -0.490 e. The lowest BCUT2D eigenvalue weighted by atomic mass is 10.1. The van der Waals surface area contributed by atoms with Crippen LogP contribution in [0.5, 0.6) is 5.75 Å². The first kappa shape index (κ1) is 17.7. The molecule has 0 fully saturated rings. The fourth-order valence-electron chi connectivity index (χ4n) is 2.53. The summed E-state index contributed by atoms with van der Waals surface area (Å²) >= 11 is 3.54. The molecule has 0 radical (unpaired) electrons. The number of hydrogen-bond acceptors (Lipinski definition) is 6. The molecule has 25 heavy (non-hydrogen) atoms. The molecule has 0 aliphatic carbocycles. The van der Waals surface area contributed by atoms with Crippen LogP contribution in [0.4, 0.5) is 0 Å². The molecule has 0 spiro atoms. The molecule has 1 aromatic carbocycles. The van der Waals surface area contributed by atoms with Gasteiger partial charge < -0.3 is 13.8 Å². The van der Waals surface area contributed by atoms with Gasteiger partial charge in [0.1, 0.15) is 11.5 Å². The Morgan fingerprint density at radius 1 is 1.12 bits per heavy atom. The van der Waals surface area contributed by atoms with Gasteiger partial charge in [-0.1, -0.05) is 16.4 Å². The Hall–Kier alpha value is -2.15. The van der Waals surface area contributed by atoms with Gasteiger partial charge in [0.05, 0.1) is 22.7 Å². The van der Waals surface area contributed by atoms with Crippen molar-refractivity contribution in [3.8, 4) is 5.75 Å². The Morgan fingerprint density at radius 2 is 1.92 bits per heavy atom. The summed E-state index contributed by atoms with van der Waals surface area (Å²) in [6, 6.07) is 5.97. The average Bonchev–Trinajstić information content (AvgIpc) is 3.11. The predicted molar refractivity (Wildman–Crippen MR) is 95.8 cm³/mol. The summed E-state index contributed by atoms with van der Waals surface area (Å²) in [6.45, 7) is 7.78. The molecule has 3 aromatic rings. The SMILES string of the molecule is Cc1noc(C)c1Cc1nc(Cc2ccc(OC(C)C)c(Br)c2)no1. The van der Waals surface area contributed by atoms with Crippen LogP contribution in [0.15, 0.2) is 31.7 Å². The number of hydrogen-bond donors (Lipinski definition) is 0. The molecular formula is C18H20BrN3O3. The smallest absolute Gasteiger partial charge is 0.231 e. The summed E-state index contributed by atoms with van der Waals surface area (Å²) in [5, 5.41) is 8.01. The second-order valence-corrected chi connectivity index (χ2v) is 7.05. The molecule has 3 rings (SSSR count). The maximum atomic E-state index is 5.72. The van der Waals surface area contributed by atoms with Crippen LogP contribution in [0.25, 0.3) is 0 Å². The molecular weight excluding hydrogens is 386 g/mol. The molecule has 0 bridgehead atoms. The molecule has 0 N–H and O–H groups in total. The summed E-state index contributed by atoms with van der Waals surface area (Å²) in [5.41, 5.74) is 2.92. The zero-order valence-electron chi connectivity index (χ0n) is 14.7. The van der Waals surface area contributed by atoms with Gasteiger partial charge in [-0.2, -0.15) is 4.98 Å². The highest BCUT2D eigenvalue weighted by Crippen LogP contribution is 2.27. The predicted octanol–water partition coefficient (Wildman–Crippen LogP) is 4.41. The third kappa shape index (κ3) is 4.28. The average molecular weight is 406 g/mol.